The van der Waals surface area contributed by atoms with Crippen LogP contribution in [0.2, 0.25) is 0 Å². The van der Waals surface area contributed by atoms with Crippen LogP contribution in [-0.2, 0) is 0 Å². The molecule has 4 aromatic carbocycles. The van der Waals surface area contributed by atoms with Gasteiger partial charge >= 0.3 is 0 Å². The van der Waals surface area contributed by atoms with Crippen LogP contribution in [0.15, 0.2) is 139 Å². The summed E-state index contributed by atoms with van der Waals surface area (Å²) in [6.07, 6.45) is 13.9. The Balaban J connectivity index is 1.14. The SMILES string of the molecule is C1=CCC(c2nc(-c3ccccc3)nc(-c3cccc(-c4ccc5c(c4)C=CC4SC(c6ccccc6)=NC54)c3)n2)C=C1. The highest BCUT2D eigenvalue weighted by Gasteiger charge is 2.33. The lowest BCUT2D eigenvalue weighted by Crippen LogP contribution is -2.12. The van der Waals surface area contributed by atoms with E-state index in [1.165, 1.54) is 22.3 Å². The molecular formula is C38H28N4S. The van der Waals surface area contributed by atoms with Crippen molar-refractivity contribution in [2.45, 2.75) is 23.6 Å². The Bertz CT molecular complexity index is 1940. The zero-order chi connectivity index (χ0) is 28.6. The van der Waals surface area contributed by atoms with E-state index in [-0.39, 0.29) is 12.0 Å². The highest BCUT2D eigenvalue weighted by Crippen LogP contribution is 2.45. The maximum absolute atomic E-state index is 5.15. The minimum absolute atomic E-state index is 0.132. The first-order chi connectivity index (χ1) is 21.3. The first-order valence-corrected chi connectivity index (χ1v) is 15.5. The summed E-state index contributed by atoms with van der Waals surface area (Å²) in [6.45, 7) is 0. The maximum Gasteiger partial charge on any atom is 0.163 e. The third kappa shape index (κ3) is 5.06. The summed E-state index contributed by atoms with van der Waals surface area (Å²) >= 11 is 1.86. The molecule has 0 radical (unpaired) electrons. The first-order valence-electron chi connectivity index (χ1n) is 14.7. The quantitative estimate of drug-likeness (QED) is 0.211. The fourth-order valence-electron chi connectivity index (χ4n) is 5.92. The average Bonchev–Trinajstić information content (AvgIpc) is 3.54. The number of aromatic nitrogens is 3. The molecule has 2 heterocycles. The van der Waals surface area contributed by atoms with E-state index in [9.17, 15) is 0 Å². The van der Waals surface area contributed by atoms with Crippen LogP contribution < -0.4 is 0 Å². The largest absolute Gasteiger partial charge is 0.268 e. The lowest BCUT2D eigenvalue weighted by molar-refractivity contribution is 0.764. The van der Waals surface area contributed by atoms with Crippen LogP contribution in [0.25, 0.3) is 40.0 Å². The number of thioether (sulfide) groups is 1. The second-order valence-electron chi connectivity index (χ2n) is 11.0. The van der Waals surface area contributed by atoms with Crippen LogP contribution in [0.5, 0.6) is 0 Å². The van der Waals surface area contributed by atoms with Crippen molar-refractivity contribution in [2.75, 3.05) is 0 Å². The van der Waals surface area contributed by atoms with Crippen LogP contribution in [0, 0.1) is 0 Å². The summed E-state index contributed by atoms with van der Waals surface area (Å²) < 4.78 is 0. The van der Waals surface area contributed by atoms with E-state index in [2.05, 4.69) is 121 Å². The number of rotatable bonds is 5. The predicted octanol–water partition coefficient (Wildman–Crippen LogP) is 9.10. The van der Waals surface area contributed by atoms with Crippen LogP contribution in [0.4, 0.5) is 0 Å². The van der Waals surface area contributed by atoms with Crippen LogP contribution in [-0.4, -0.2) is 25.2 Å². The highest BCUT2D eigenvalue weighted by atomic mass is 32.2. The Morgan fingerprint density at radius 3 is 2.12 bits per heavy atom. The Morgan fingerprint density at radius 2 is 1.33 bits per heavy atom. The first kappa shape index (κ1) is 25.8. The van der Waals surface area contributed by atoms with Gasteiger partial charge < -0.3 is 0 Å². The number of fused-ring (bicyclic) bond motifs is 3. The molecule has 0 bridgehead atoms. The molecule has 0 N–H and O–H groups in total. The lowest BCUT2D eigenvalue weighted by Gasteiger charge is -2.22. The standard InChI is InChI=1S/C38H28N4S/c1-4-11-25(12-5-1)35-40-36(26-13-6-2-7-14-26)42-37(41-35)31-18-10-17-28(24-31)29-19-21-32-30(23-29)20-22-33-34(32)39-38(43-33)27-15-8-3-9-16-27/h1-13,15-24,26,33-34H,14H2. The topological polar surface area (TPSA) is 51.0 Å². The summed E-state index contributed by atoms with van der Waals surface area (Å²) in [7, 11) is 0. The number of allylic oxidation sites excluding steroid dienone is 4. The molecule has 43 heavy (non-hydrogen) atoms. The van der Waals surface area contributed by atoms with Gasteiger partial charge in [-0.25, -0.2) is 15.0 Å². The van der Waals surface area contributed by atoms with Gasteiger partial charge in [-0.3, -0.25) is 4.99 Å². The molecule has 2 aliphatic carbocycles. The van der Waals surface area contributed by atoms with Gasteiger partial charge in [-0.05, 0) is 40.8 Å². The van der Waals surface area contributed by atoms with Gasteiger partial charge in [-0.15, -0.1) is 0 Å². The Kier molecular flexibility index (Phi) is 6.65. The van der Waals surface area contributed by atoms with Gasteiger partial charge in [0.05, 0.1) is 16.3 Å². The lowest BCUT2D eigenvalue weighted by atomic mass is 9.89. The predicted molar refractivity (Wildman–Crippen MR) is 178 cm³/mol. The molecule has 1 aliphatic heterocycles. The number of benzene rings is 4. The second-order valence-corrected chi connectivity index (χ2v) is 12.1. The Morgan fingerprint density at radius 1 is 0.605 bits per heavy atom. The van der Waals surface area contributed by atoms with E-state index >= 15 is 0 Å². The van der Waals surface area contributed by atoms with E-state index in [0.717, 1.165) is 34.0 Å². The van der Waals surface area contributed by atoms with Crippen molar-refractivity contribution in [2.24, 2.45) is 4.99 Å². The van der Waals surface area contributed by atoms with Crippen molar-refractivity contribution in [1.82, 2.24) is 15.0 Å². The summed E-state index contributed by atoms with van der Waals surface area (Å²) in [5.74, 6) is 2.33. The van der Waals surface area contributed by atoms with Gasteiger partial charge in [0, 0.05) is 22.6 Å². The summed E-state index contributed by atoms with van der Waals surface area (Å²) in [6, 6.07) is 36.1. The third-order valence-corrected chi connectivity index (χ3v) is 9.41. The molecule has 3 atom stereocenters. The molecule has 0 saturated heterocycles. The normalized spacial score (nSPS) is 20.0. The molecule has 206 valence electrons. The van der Waals surface area contributed by atoms with E-state index in [1.54, 1.807) is 0 Å². The number of aliphatic imine (C=N–C) groups is 1. The molecule has 0 saturated carbocycles. The third-order valence-electron chi connectivity index (χ3n) is 8.16. The van der Waals surface area contributed by atoms with Crippen LogP contribution in [0.1, 0.15) is 40.9 Å². The molecule has 3 aliphatic rings. The van der Waals surface area contributed by atoms with Crippen molar-refractivity contribution >= 4 is 22.9 Å². The van der Waals surface area contributed by atoms with Crippen molar-refractivity contribution in [3.05, 3.63) is 156 Å². The molecule has 0 amide bonds. The molecule has 8 rings (SSSR count). The molecule has 0 spiro atoms. The number of hydrogen-bond acceptors (Lipinski definition) is 5. The minimum atomic E-state index is 0.132. The van der Waals surface area contributed by atoms with Gasteiger partial charge in [-0.2, -0.15) is 0 Å². The molecule has 4 nitrogen and oxygen atoms in total. The van der Waals surface area contributed by atoms with E-state index < -0.39 is 0 Å². The van der Waals surface area contributed by atoms with Gasteiger partial charge in [0.15, 0.2) is 11.6 Å². The van der Waals surface area contributed by atoms with Crippen molar-refractivity contribution in [3.8, 4) is 33.9 Å². The van der Waals surface area contributed by atoms with Crippen molar-refractivity contribution < 1.29 is 0 Å². The fraction of sp³-hybridized carbons (Fsp3) is 0.105. The van der Waals surface area contributed by atoms with E-state index in [4.69, 9.17) is 19.9 Å². The molecule has 5 aromatic rings. The van der Waals surface area contributed by atoms with Gasteiger partial charge in [0.2, 0.25) is 0 Å². The maximum atomic E-state index is 5.15. The zero-order valence-electron chi connectivity index (χ0n) is 23.4. The Labute approximate surface area is 255 Å². The van der Waals surface area contributed by atoms with Crippen molar-refractivity contribution in [3.63, 3.8) is 0 Å². The molecule has 5 heteroatoms. The van der Waals surface area contributed by atoms with Crippen molar-refractivity contribution in [1.29, 1.82) is 0 Å². The molecule has 3 unspecified atom stereocenters. The summed E-state index contributed by atoms with van der Waals surface area (Å²) in [5.41, 5.74) is 7.98. The molecule has 1 aromatic heterocycles. The summed E-state index contributed by atoms with van der Waals surface area (Å²) in [4.78, 5) is 20.0. The van der Waals surface area contributed by atoms with Crippen LogP contribution in [0.3, 0.4) is 0 Å². The van der Waals surface area contributed by atoms with E-state index in [0.29, 0.717) is 16.9 Å². The fourth-order valence-corrected chi connectivity index (χ4v) is 7.12. The van der Waals surface area contributed by atoms with Crippen LogP contribution >= 0.6 is 11.8 Å². The molecular weight excluding hydrogens is 545 g/mol. The summed E-state index contributed by atoms with van der Waals surface area (Å²) in [5, 5.41) is 1.46. The van der Waals surface area contributed by atoms with Gasteiger partial charge in [-0.1, -0.05) is 139 Å². The molecule has 0 fully saturated rings. The Hall–Kier alpha value is -4.87. The average molecular weight is 573 g/mol. The number of hydrogen-bond donors (Lipinski definition) is 0. The zero-order valence-corrected chi connectivity index (χ0v) is 24.2. The monoisotopic (exact) mass is 572 g/mol. The second kappa shape index (κ2) is 11.1. The smallest absolute Gasteiger partial charge is 0.163 e. The minimum Gasteiger partial charge on any atom is -0.268 e. The van der Waals surface area contributed by atoms with E-state index in [1.807, 2.05) is 30.0 Å². The highest BCUT2D eigenvalue weighted by molar-refractivity contribution is 8.15. The van der Waals surface area contributed by atoms with Gasteiger partial charge in [0.25, 0.3) is 0 Å². The van der Waals surface area contributed by atoms with Gasteiger partial charge in [0.1, 0.15) is 5.82 Å². The number of nitrogens with zero attached hydrogens (tertiary/aromatic N) is 4.